The number of ether oxygens (including phenoxy) is 3. The minimum atomic E-state index is -0.886. The maximum absolute atomic E-state index is 11.1. The Hall–Kier alpha value is -1.01. The van der Waals surface area contributed by atoms with Gasteiger partial charge < -0.3 is 19.9 Å². The van der Waals surface area contributed by atoms with Gasteiger partial charge in [-0.05, 0) is 18.1 Å². The Morgan fingerprint density at radius 1 is 1.29 bits per heavy atom. The minimum absolute atomic E-state index is 0.00242. The van der Waals surface area contributed by atoms with Gasteiger partial charge in [0.1, 0.15) is 19.0 Å². The first-order chi connectivity index (χ1) is 9.88. The molecular formula is C14H19Cl2NO4. The van der Waals surface area contributed by atoms with Crippen molar-refractivity contribution in [2.45, 2.75) is 26.1 Å². The van der Waals surface area contributed by atoms with Crippen molar-refractivity contribution in [2.75, 3.05) is 13.9 Å². The average Bonchev–Trinajstić information content (AvgIpc) is 2.39. The Kier molecular flexibility index (Phi) is 7.25. The van der Waals surface area contributed by atoms with Crippen LogP contribution in [0.1, 0.15) is 25.5 Å². The summed E-state index contributed by atoms with van der Waals surface area (Å²) in [4.78, 5) is 11.1. The van der Waals surface area contributed by atoms with Crippen LogP contribution >= 0.6 is 23.2 Å². The summed E-state index contributed by atoms with van der Waals surface area (Å²) in [5.41, 5.74) is 5.68. The second-order valence-corrected chi connectivity index (χ2v) is 5.59. The SMILES string of the molecule is COCO[C@@H](c1c(Cl)cccc1Cl)[C@@H](OC(N)=O)C(C)C. The van der Waals surface area contributed by atoms with Crippen LogP contribution in [0, 0.1) is 5.92 Å². The molecule has 0 saturated heterocycles. The molecule has 0 aliphatic carbocycles. The zero-order chi connectivity index (χ0) is 16.0. The molecule has 7 heteroatoms. The minimum Gasteiger partial charge on any atom is -0.443 e. The number of hydrogen-bond acceptors (Lipinski definition) is 4. The number of methoxy groups -OCH3 is 1. The second-order valence-electron chi connectivity index (χ2n) is 4.77. The normalized spacial score (nSPS) is 14.0. The van der Waals surface area contributed by atoms with E-state index in [-0.39, 0.29) is 12.7 Å². The molecule has 1 aromatic rings. The monoisotopic (exact) mass is 335 g/mol. The molecule has 21 heavy (non-hydrogen) atoms. The van der Waals surface area contributed by atoms with E-state index in [2.05, 4.69) is 0 Å². The standard InChI is InChI=1S/C14H19Cl2NO4/c1-8(2)12(21-14(17)18)13(20-7-19-3)11-9(15)5-4-6-10(11)16/h4-6,8,12-13H,7H2,1-3H3,(H2,17,18)/t12-,13-/m0/s1. The van der Waals surface area contributed by atoms with Crippen molar-refractivity contribution >= 4 is 29.3 Å². The highest BCUT2D eigenvalue weighted by Gasteiger charge is 2.33. The Bertz CT molecular complexity index is 462. The highest BCUT2D eigenvalue weighted by atomic mass is 35.5. The Balaban J connectivity index is 3.22. The van der Waals surface area contributed by atoms with E-state index < -0.39 is 18.3 Å². The van der Waals surface area contributed by atoms with E-state index in [1.165, 1.54) is 7.11 Å². The van der Waals surface area contributed by atoms with Gasteiger partial charge in [-0.2, -0.15) is 0 Å². The van der Waals surface area contributed by atoms with Gasteiger partial charge in [-0.15, -0.1) is 0 Å². The summed E-state index contributed by atoms with van der Waals surface area (Å²) >= 11 is 12.4. The maximum Gasteiger partial charge on any atom is 0.404 e. The molecule has 0 radical (unpaired) electrons. The first-order valence-corrected chi connectivity index (χ1v) is 7.14. The summed E-state index contributed by atoms with van der Waals surface area (Å²) in [6, 6.07) is 5.10. The number of hydrogen-bond donors (Lipinski definition) is 1. The van der Waals surface area contributed by atoms with Crippen LogP contribution in [0.25, 0.3) is 0 Å². The topological polar surface area (TPSA) is 70.8 Å². The lowest BCUT2D eigenvalue weighted by molar-refractivity contribution is -0.124. The third kappa shape index (κ3) is 5.04. The quantitative estimate of drug-likeness (QED) is 0.770. The molecule has 1 rings (SSSR count). The van der Waals surface area contributed by atoms with Gasteiger partial charge in [0.25, 0.3) is 0 Å². The predicted molar refractivity (Wildman–Crippen MR) is 81.5 cm³/mol. The number of primary amides is 1. The third-order valence-electron chi connectivity index (χ3n) is 2.86. The summed E-state index contributed by atoms with van der Waals surface area (Å²) in [6.07, 6.45) is -2.21. The molecule has 0 aromatic heterocycles. The Labute approximate surface area is 134 Å². The molecule has 0 aliphatic heterocycles. The predicted octanol–water partition coefficient (Wildman–Crippen LogP) is 3.77. The highest BCUT2D eigenvalue weighted by molar-refractivity contribution is 6.36. The molecule has 0 saturated carbocycles. The van der Waals surface area contributed by atoms with E-state index in [9.17, 15) is 4.79 Å². The lowest BCUT2D eigenvalue weighted by atomic mass is 9.95. The molecule has 0 aliphatic rings. The van der Waals surface area contributed by atoms with E-state index in [0.29, 0.717) is 15.6 Å². The van der Waals surface area contributed by atoms with Crippen LogP contribution in [0.15, 0.2) is 18.2 Å². The van der Waals surface area contributed by atoms with Gasteiger partial charge >= 0.3 is 6.09 Å². The van der Waals surface area contributed by atoms with Gasteiger partial charge in [0.05, 0.1) is 0 Å². The smallest absolute Gasteiger partial charge is 0.404 e. The summed E-state index contributed by atoms with van der Waals surface area (Å²) in [5, 5.41) is 0.838. The fraction of sp³-hybridized carbons (Fsp3) is 0.500. The van der Waals surface area contributed by atoms with Crippen LogP contribution in [-0.4, -0.2) is 26.1 Å². The van der Waals surface area contributed by atoms with E-state index in [0.717, 1.165) is 0 Å². The lowest BCUT2D eigenvalue weighted by Crippen LogP contribution is -2.34. The van der Waals surface area contributed by atoms with E-state index in [1.807, 2.05) is 13.8 Å². The van der Waals surface area contributed by atoms with E-state index >= 15 is 0 Å². The molecule has 118 valence electrons. The molecule has 0 heterocycles. The van der Waals surface area contributed by atoms with Crippen LogP contribution in [0.5, 0.6) is 0 Å². The summed E-state index contributed by atoms with van der Waals surface area (Å²) < 4.78 is 15.7. The number of benzene rings is 1. The fourth-order valence-electron chi connectivity index (χ4n) is 1.95. The second kappa shape index (κ2) is 8.44. The number of amides is 1. The van der Waals surface area contributed by atoms with Crippen molar-refractivity contribution in [3.05, 3.63) is 33.8 Å². The highest BCUT2D eigenvalue weighted by Crippen LogP contribution is 2.37. The molecule has 5 nitrogen and oxygen atoms in total. The van der Waals surface area contributed by atoms with Crippen LogP contribution in [-0.2, 0) is 14.2 Å². The van der Waals surface area contributed by atoms with E-state index in [1.54, 1.807) is 18.2 Å². The van der Waals surface area contributed by atoms with Crippen molar-refractivity contribution in [1.29, 1.82) is 0 Å². The lowest BCUT2D eigenvalue weighted by Gasteiger charge is -2.30. The van der Waals surface area contributed by atoms with Crippen LogP contribution in [0.3, 0.4) is 0 Å². The van der Waals surface area contributed by atoms with Crippen LogP contribution < -0.4 is 5.73 Å². The van der Waals surface area contributed by atoms with Crippen LogP contribution in [0.2, 0.25) is 10.0 Å². The van der Waals surface area contributed by atoms with Gasteiger partial charge in [-0.25, -0.2) is 4.79 Å². The summed E-state index contributed by atoms with van der Waals surface area (Å²) in [7, 11) is 1.49. The van der Waals surface area contributed by atoms with Crippen molar-refractivity contribution < 1.29 is 19.0 Å². The molecule has 0 bridgehead atoms. The van der Waals surface area contributed by atoms with Gasteiger partial charge in [0.2, 0.25) is 0 Å². The van der Waals surface area contributed by atoms with Crippen LogP contribution in [0.4, 0.5) is 4.79 Å². The Morgan fingerprint density at radius 3 is 2.29 bits per heavy atom. The van der Waals surface area contributed by atoms with Crippen molar-refractivity contribution in [3.8, 4) is 0 Å². The van der Waals surface area contributed by atoms with Gasteiger partial charge in [0.15, 0.2) is 0 Å². The zero-order valence-electron chi connectivity index (χ0n) is 12.1. The first kappa shape index (κ1) is 18.0. The van der Waals surface area contributed by atoms with Crippen molar-refractivity contribution in [2.24, 2.45) is 11.7 Å². The largest absolute Gasteiger partial charge is 0.443 e. The zero-order valence-corrected chi connectivity index (χ0v) is 13.6. The number of rotatable bonds is 7. The molecule has 1 aromatic carbocycles. The van der Waals surface area contributed by atoms with E-state index in [4.69, 9.17) is 43.1 Å². The Morgan fingerprint density at radius 2 is 1.86 bits per heavy atom. The van der Waals surface area contributed by atoms with Gasteiger partial charge in [-0.1, -0.05) is 43.1 Å². The molecule has 2 atom stereocenters. The maximum atomic E-state index is 11.1. The third-order valence-corrected chi connectivity index (χ3v) is 3.52. The molecule has 0 fully saturated rings. The molecule has 0 unspecified atom stereocenters. The number of carbonyl (C=O) groups excluding carboxylic acids is 1. The van der Waals surface area contributed by atoms with Crippen molar-refractivity contribution in [1.82, 2.24) is 0 Å². The number of halogens is 2. The van der Waals surface area contributed by atoms with Gasteiger partial charge in [-0.3, -0.25) is 0 Å². The molecule has 0 spiro atoms. The molecule has 1 amide bonds. The fourth-order valence-corrected chi connectivity index (χ4v) is 2.56. The first-order valence-electron chi connectivity index (χ1n) is 6.39. The van der Waals surface area contributed by atoms with Gasteiger partial charge in [0, 0.05) is 22.7 Å². The molecular weight excluding hydrogens is 317 g/mol. The summed E-state index contributed by atoms with van der Waals surface area (Å²) in [5.74, 6) is -0.0632. The van der Waals surface area contributed by atoms with Crippen molar-refractivity contribution in [3.63, 3.8) is 0 Å². The molecule has 2 N–H and O–H groups in total. The number of carbonyl (C=O) groups is 1. The average molecular weight is 336 g/mol. The number of nitrogens with two attached hydrogens (primary N) is 1. The summed E-state index contributed by atoms with van der Waals surface area (Å²) in [6.45, 7) is 3.75.